The summed E-state index contributed by atoms with van der Waals surface area (Å²) in [7, 11) is -3.46. The number of halogens is 1. The Labute approximate surface area is 200 Å². The van der Waals surface area contributed by atoms with Crippen LogP contribution in [0.1, 0.15) is 12.8 Å². The van der Waals surface area contributed by atoms with Crippen LogP contribution in [-0.2, 0) is 19.6 Å². The van der Waals surface area contributed by atoms with Gasteiger partial charge in [-0.1, -0.05) is 52.3 Å². The highest BCUT2D eigenvalue weighted by atomic mass is 79.9. The Bertz CT molecular complexity index is 1240. The lowest BCUT2D eigenvalue weighted by molar-refractivity contribution is -0.159. The second-order valence-electron chi connectivity index (χ2n) is 7.45. The molecule has 0 unspecified atom stereocenters. The van der Waals surface area contributed by atoms with Crippen molar-refractivity contribution in [3.05, 3.63) is 71.2 Å². The third-order valence-corrected chi connectivity index (χ3v) is 7.58. The van der Waals surface area contributed by atoms with Gasteiger partial charge in [0.2, 0.25) is 10.0 Å². The summed E-state index contributed by atoms with van der Waals surface area (Å²) in [5, 5.41) is 20.3. The van der Waals surface area contributed by atoms with Crippen LogP contribution < -0.4 is 5.32 Å². The van der Waals surface area contributed by atoms with Crippen LogP contribution in [0.2, 0.25) is 0 Å². The van der Waals surface area contributed by atoms with Crippen molar-refractivity contribution in [2.24, 2.45) is 0 Å². The molecule has 1 aliphatic rings. The summed E-state index contributed by atoms with van der Waals surface area (Å²) in [5.74, 6) is -3.65. The predicted molar refractivity (Wildman–Crippen MR) is 129 cm³/mol. The SMILES string of the molecule is O=C(O)C(=O)O.O=S(=O)(c1ccc2ccccc2c1)N1CCC(Nc2cccc(Br)c2)CC1. The average Bonchev–Trinajstić information content (AvgIpc) is 2.79. The number of sulfonamides is 1. The molecule has 3 aromatic carbocycles. The molecule has 0 spiro atoms. The largest absolute Gasteiger partial charge is 0.473 e. The van der Waals surface area contributed by atoms with Gasteiger partial charge in [0.1, 0.15) is 0 Å². The first-order chi connectivity index (χ1) is 15.7. The van der Waals surface area contributed by atoms with Crippen LogP contribution in [0.25, 0.3) is 10.8 Å². The summed E-state index contributed by atoms with van der Waals surface area (Å²) in [6.45, 7) is 1.06. The number of fused-ring (bicyclic) bond motifs is 1. The number of hydrogen-bond donors (Lipinski definition) is 3. The van der Waals surface area contributed by atoms with Gasteiger partial charge in [-0.2, -0.15) is 4.31 Å². The average molecular weight is 535 g/mol. The van der Waals surface area contributed by atoms with Crippen molar-refractivity contribution in [2.45, 2.75) is 23.8 Å². The van der Waals surface area contributed by atoms with E-state index in [-0.39, 0.29) is 6.04 Å². The van der Waals surface area contributed by atoms with Crippen LogP contribution in [0.3, 0.4) is 0 Å². The van der Waals surface area contributed by atoms with Crippen molar-refractivity contribution in [3.8, 4) is 0 Å². The molecule has 3 aromatic rings. The Kier molecular flexibility index (Phi) is 8.06. The second-order valence-corrected chi connectivity index (χ2v) is 10.3. The molecule has 0 bridgehead atoms. The molecule has 0 aliphatic carbocycles. The predicted octanol–water partition coefficient (Wildman–Crippen LogP) is 4.02. The quantitative estimate of drug-likeness (QED) is 0.431. The van der Waals surface area contributed by atoms with Gasteiger partial charge in [0.15, 0.2) is 0 Å². The lowest BCUT2D eigenvalue weighted by atomic mass is 10.1. The van der Waals surface area contributed by atoms with Crippen LogP contribution in [0, 0.1) is 0 Å². The molecule has 10 heteroatoms. The third kappa shape index (κ3) is 6.53. The monoisotopic (exact) mass is 534 g/mol. The second kappa shape index (κ2) is 10.8. The molecule has 8 nitrogen and oxygen atoms in total. The lowest BCUT2D eigenvalue weighted by Gasteiger charge is -2.32. The molecular weight excluding hydrogens is 512 g/mol. The zero-order valence-corrected chi connectivity index (χ0v) is 19.9. The van der Waals surface area contributed by atoms with Crippen LogP contribution in [-0.4, -0.2) is 54.0 Å². The fourth-order valence-electron chi connectivity index (χ4n) is 3.53. The number of aliphatic carboxylic acids is 2. The summed E-state index contributed by atoms with van der Waals surface area (Å²) in [6.07, 6.45) is 1.58. The van der Waals surface area contributed by atoms with E-state index >= 15 is 0 Å². The summed E-state index contributed by atoms with van der Waals surface area (Å²) in [6, 6.07) is 21.5. The molecule has 33 heavy (non-hydrogen) atoms. The van der Waals surface area contributed by atoms with E-state index in [9.17, 15) is 8.42 Å². The van der Waals surface area contributed by atoms with Crippen molar-refractivity contribution in [3.63, 3.8) is 0 Å². The zero-order valence-electron chi connectivity index (χ0n) is 17.5. The number of benzene rings is 3. The number of anilines is 1. The summed E-state index contributed by atoms with van der Waals surface area (Å²) in [5.41, 5.74) is 1.06. The molecule has 1 heterocycles. The Hall–Kier alpha value is -2.95. The number of carboxylic acids is 2. The topological polar surface area (TPSA) is 124 Å². The smallest absolute Gasteiger partial charge is 0.414 e. The van der Waals surface area contributed by atoms with Crippen molar-refractivity contribution < 1.29 is 28.2 Å². The Morgan fingerprint density at radius 3 is 2.12 bits per heavy atom. The first kappa shape index (κ1) is 24.7. The third-order valence-electron chi connectivity index (χ3n) is 5.19. The van der Waals surface area contributed by atoms with E-state index in [4.69, 9.17) is 19.8 Å². The molecular formula is C23H23BrN2O6S. The highest BCUT2D eigenvalue weighted by Gasteiger charge is 2.29. The molecule has 0 radical (unpaired) electrons. The maximum absolute atomic E-state index is 13.0. The van der Waals surface area contributed by atoms with E-state index in [1.807, 2.05) is 54.6 Å². The maximum atomic E-state index is 13.0. The molecule has 0 atom stereocenters. The zero-order chi connectivity index (χ0) is 24.0. The van der Waals surface area contributed by atoms with Crippen molar-refractivity contribution in [1.82, 2.24) is 4.31 Å². The molecule has 3 N–H and O–H groups in total. The van der Waals surface area contributed by atoms with Gasteiger partial charge in [-0.25, -0.2) is 18.0 Å². The standard InChI is InChI=1S/C21H21BrN2O2S.C2H2O4/c22-18-6-3-7-20(15-18)23-19-10-12-24(13-11-19)27(25,26)21-9-8-16-4-1-2-5-17(16)14-21;3-1(4)2(5)6/h1-9,14-15,19,23H,10-13H2;(H,3,4)(H,5,6). The number of hydrogen-bond acceptors (Lipinski definition) is 5. The number of nitrogens with one attached hydrogen (secondary N) is 1. The van der Waals surface area contributed by atoms with Gasteiger partial charge in [-0.15, -0.1) is 0 Å². The van der Waals surface area contributed by atoms with Gasteiger partial charge >= 0.3 is 11.9 Å². The van der Waals surface area contributed by atoms with Crippen molar-refractivity contribution in [2.75, 3.05) is 18.4 Å². The van der Waals surface area contributed by atoms with Gasteiger partial charge in [0.25, 0.3) is 0 Å². The van der Waals surface area contributed by atoms with E-state index in [0.717, 1.165) is 33.8 Å². The minimum absolute atomic E-state index is 0.280. The molecule has 1 aliphatic heterocycles. The normalized spacial score (nSPS) is 14.8. The van der Waals surface area contributed by atoms with Gasteiger partial charge < -0.3 is 15.5 Å². The molecule has 0 amide bonds. The Balaban J connectivity index is 0.000000454. The van der Waals surface area contributed by atoms with Crippen molar-refractivity contribution >= 4 is 54.4 Å². The van der Waals surface area contributed by atoms with Gasteiger partial charge in [-0.05, 0) is 53.9 Å². The summed E-state index contributed by atoms with van der Waals surface area (Å²) in [4.78, 5) is 18.6. The number of piperidine rings is 1. The first-order valence-corrected chi connectivity index (χ1v) is 12.4. The highest BCUT2D eigenvalue weighted by molar-refractivity contribution is 9.10. The Morgan fingerprint density at radius 2 is 1.52 bits per heavy atom. The van der Waals surface area contributed by atoms with Gasteiger partial charge in [0.05, 0.1) is 4.90 Å². The number of rotatable bonds is 4. The molecule has 4 rings (SSSR count). The number of carbonyl (C=O) groups is 2. The van der Waals surface area contributed by atoms with E-state index in [2.05, 4.69) is 21.2 Å². The fourth-order valence-corrected chi connectivity index (χ4v) is 5.44. The van der Waals surface area contributed by atoms with Gasteiger partial charge in [-0.3, -0.25) is 0 Å². The van der Waals surface area contributed by atoms with E-state index in [0.29, 0.717) is 18.0 Å². The van der Waals surface area contributed by atoms with Crippen LogP contribution in [0.4, 0.5) is 5.69 Å². The van der Waals surface area contributed by atoms with E-state index < -0.39 is 22.0 Å². The minimum Gasteiger partial charge on any atom is -0.473 e. The molecule has 0 aromatic heterocycles. The molecule has 0 saturated carbocycles. The first-order valence-electron chi connectivity index (χ1n) is 10.1. The highest BCUT2D eigenvalue weighted by Crippen LogP contribution is 2.26. The van der Waals surface area contributed by atoms with Gasteiger partial charge in [0, 0.05) is 29.3 Å². The van der Waals surface area contributed by atoms with Crippen LogP contribution in [0.5, 0.6) is 0 Å². The minimum atomic E-state index is -3.46. The molecule has 1 fully saturated rings. The van der Waals surface area contributed by atoms with E-state index in [1.165, 1.54) is 0 Å². The fraction of sp³-hybridized carbons (Fsp3) is 0.217. The maximum Gasteiger partial charge on any atom is 0.414 e. The van der Waals surface area contributed by atoms with Crippen molar-refractivity contribution in [1.29, 1.82) is 0 Å². The van der Waals surface area contributed by atoms with E-state index in [1.54, 1.807) is 16.4 Å². The van der Waals surface area contributed by atoms with Crippen LogP contribution >= 0.6 is 15.9 Å². The molecule has 1 saturated heterocycles. The Morgan fingerprint density at radius 1 is 0.879 bits per heavy atom. The lowest BCUT2D eigenvalue weighted by Crippen LogP contribution is -2.42. The molecule has 174 valence electrons. The summed E-state index contributed by atoms with van der Waals surface area (Å²) >= 11 is 3.48. The van der Waals surface area contributed by atoms with Crippen LogP contribution in [0.15, 0.2) is 76.1 Å². The summed E-state index contributed by atoms with van der Waals surface area (Å²) < 4.78 is 28.7. The number of carboxylic acid groups (broad SMARTS) is 2. The number of nitrogens with zero attached hydrogens (tertiary/aromatic N) is 1.